The van der Waals surface area contributed by atoms with E-state index in [0.29, 0.717) is 23.6 Å². The summed E-state index contributed by atoms with van der Waals surface area (Å²) in [5, 5.41) is 0. The second-order valence-corrected chi connectivity index (χ2v) is 5.58. The van der Waals surface area contributed by atoms with Crippen molar-refractivity contribution in [1.29, 1.82) is 0 Å². The number of nitrogens with zero attached hydrogens (tertiary/aromatic N) is 1. The summed E-state index contributed by atoms with van der Waals surface area (Å²) in [5.74, 6) is 1.28. The van der Waals surface area contributed by atoms with E-state index in [1.165, 1.54) is 0 Å². The van der Waals surface area contributed by atoms with Crippen LogP contribution in [-0.2, 0) is 0 Å². The maximum absolute atomic E-state index is 12.5. The third kappa shape index (κ3) is 2.19. The van der Waals surface area contributed by atoms with E-state index < -0.39 is 0 Å². The Morgan fingerprint density at radius 2 is 2.32 bits per heavy atom. The van der Waals surface area contributed by atoms with Gasteiger partial charge in [-0.1, -0.05) is 0 Å². The topological polar surface area (TPSA) is 64.8 Å². The van der Waals surface area contributed by atoms with Crippen molar-refractivity contribution in [2.45, 2.75) is 18.9 Å². The third-order valence-electron chi connectivity index (χ3n) is 3.58. The number of fused-ring (bicyclic) bond motifs is 1. The minimum absolute atomic E-state index is 0.00644. The summed E-state index contributed by atoms with van der Waals surface area (Å²) in [6.45, 7) is 1.48. The van der Waals surface area contributed by atoms with E-state index in [0.717, 1.165) is 23.9 Å². The minimum atomic E-state index is 0.00644. The Bertz CT molecular complexity index is 521. The lowest BCUT2D eigenvalue weighted by Crippen LogP contribution is -2.39. The van der Waals surface area contributed by atoms with Gasteiger partial charge in [0.1, 0.15) is 0 Å². The van der Waals surface area contributed by atoms with Gasteiger partial charge in [0.15, 0.2) is 11.5 Å². The third-order valence-corrected chi connectivity index (χ3v) is 4.17. The highest BCUT2D eigenvalue weighted by Crippen LogP contribution is 2.40. The van der Waals surface area contributed by atoms with E-state index in [-0.39, 0.29) is 18.7 Å². The predicted octanol–water partition coefficient (Wildman–Crippen LogP) is 1.74. The Morgan fingerprint density at radius 1 is 1.47 bits per heavy atom. The van der Waals surface area contributed by atoms with Gasteiger partial charge in [-0.15, -0.1) is 0 Å². The molecule has 2 N–H and O–H groups in total. The van der Waals surface area contributed by atoms with Gasteiger partial charge in [-0.25, -0.2) is 0 Å². The van der Waals surface area contributed by atoms with E-state index >= 15 is 0 Å². The Labute approximate surface area is 119 Å². The van der Waals surface area contributed by atoms with Crippen LogP contribution in [0, 0.1) is 0 Å². The first-order valence-electron chi connectivity index (χ1n) is 6.31. The van der Waals surface area contributed by atoms with Gasteiger partial charge in [0, 0.05) is 24.7 Å². The Hall–Kier alpha value is -1.27. The van der Waals surface area contributed by atoms with Crippen LogP contribution in [0.1, 0.15) is 23.2 Å². The molecule has 102 valence electrons. The van der Waals surface area contributed by atoms with Gasteiger partial charge in [0.25, 0.3) is 5.91 Å². The molecule has 1 saturated heterocycles. The van der Waals surface area contributed by atoms with Crippen molar-refractivity contribution in [2.75, 3.05) is 19.9 Å². The summed E-state index contributed by atoms with van der Waals surface area (Å²) in [5.41, 5.74) is 6.32. The number of nitrogens with two attached hydrogens (primary N) is 1. The van der Waals surface area contributed by atoms with Crippen LogP contribution in [0.2, 0.25) is 0 Å². The fourth-order valence-corrected chi connectivity index (χ4v) is 3.16. The van der Waals surface area contributed by atoms with Crippen molar-refractivity contribution >= 4 is 21.8 Å². The van der Waals surface area contributed by atoms with Crippen molar-refractivity contribution in [3.8, 4) is 11.5 Å². The first-order valence-corrected chi connectivity index (χ1v) is 7.10. The standard InChI is InChI=1S/C13H15BrN2O3/c14-10-4-8(5-11-12(10)19-7-18-11)13(17)16-3-1-2-9(16)6-15/h4-5,9H,1-3,6-7,15H2/t9-/m1/s1. The van der Waals surface area contributed by atoms with Crippen molar-refractivity contribution in [2.24, 2.45) is 5.73 Å². The zero-order chi connectivity index (χ0) is 13.4. The van der Waals surface area contributed by atoms with Crippen LogP contribution in [0.5, 0.6) is 11.5 Å². The van der Waals surface area contributed by atoms with Gasteiger partial charge in [-0.2, -0.15) is 0 Å². The molecule has 0 aromatic heterocycles. The molecule has 0 spiro atoms. The molecule has 6 heteroatoms. The lowest BCUT2D eigenvalue weighted by molar-refractivity contribution is 0.0740. The van der Waals surface area contributed by atoms with Crippen molar-refractivity contribution in [3.63, 3.8) is 0 Å². The van der Waals surface area contributed by atoms with Crippen LogP contribution >= 0.6 is 15.9 Å². The molecule has 2 aliphatic heterocycles. The van der Waals surface area contributed by atoms with Crippen LogP contribution in [-0.4, -0.2) is 36.7 Å². The SMILES string of the molecule is NC[C@H]1CCCN1C(=O)c1cc(Br)c2c(c1)OCO2. The first-order chi connectivity index (χ1) is 9.20. The summed E-state index contributed by atoms with van der Waals surface area (Å²) in [6.07, 6.45) is 1.99. The molecular formula is C13H15BrN2O3. The lowest BCUT2D eigenvalue weighted by atomic mass is 10.1. The first kappa shape index (κ1) is 12.7. The van der Waals surface area contributed by atoms with Crippen LogP contribution in [0.25, 0.3) is 0 Å². The Morgan fingerprint density at radius 3 is 3.11 bits per heavy atom. The van der Waals surface area contributed by atoms with Gasteiger partial charge in [0.05, 0.1) is 4.47 Å². The quantitative estimate of drug-likeness (QED) is 0.899. The van der Waals surface area contributed by atoms with Crippen molar-refractivity contribution in [3.05, 3.63) is 22.2 Å². The molecular weight excluding hydrogens is 312 g/mol. The number of likely N-dealkylation sites (tertiary alicyclic amines) is 1. The molecule has 1 aromatic carbocycles. The monoisotopic (exact) mass is 326 g/mol. The van der Waals surface area contributed by atoms with E-state index in [4.69, 9.17) is 15.2 Å². The van der Waals surface area contributed by atoms with Gasteiger partial charge in [-0.05, 0) is 40.9 Å². The molecule has 2 heterocycles. The molecule has 0 radical (unpaired) electrons. The molecule has 1 atom stereocenters. The average Bonchev–Trinajstić information content (AvgIpc) is 3.06. The van der Waals surface area contributed by atoms with E-state index in [2.05, 4.69) is 15.9 Å². The summed E-state index contributed by atoms with van der Waals surface area (Å²) in [4.78, 5) is 14.4. The second kappa shape index (κ2) is 5.02. The highest BCUT2D eigenvalue weighted by molar-refractivity contribution is 9.10. The van der Waals surface area contributed by atoms with Gasteiger partial charge in [0.2, 0.25) is 6.79 Å². The van der Waals surface area contributed by atoms with Gasteiger partial charge < -0.3 is 20.1 Å². The molecule has 0 unspecified atom stereocenters. The number of carbonyl (C=O) groups is 1. The van der Waals surface area contributed by atoms with Crippen LogP contribution < -0.4 is 15.2 Å². The fraction of sp³-hybridized carbons (Fsp3) is 0.462. The number of halogens is 1. The number of benzene rings is 1. The van der Waals surface area contributed by atoms with E-state index in [9.17, 15) is 4.79 Å². The number of hydrogen-bond donors (Lipinski definition) is 1. The molecule has 0 aliphatic carbocycles. The minimum Gasteiger partial charge on any atom is -0.454 e. The summed E-state index contributed by atoms with van der Waals surface area (Å²) in [7, 11) is 0. The molecule has 2 aliphatic rings. The summed E-state index contributed by atoms with van der Waals surface area (Å²) < 4.78 is 11.4. The number of amides is 1. The maximum atomic E-state index is 12.5. The molecule has 19 heavy (non-hydrogen) atoms. The second-order valence-electron chi connectivity index (χ2n) is 4.72. The van der Waals surface area contributed by atoms with Crippen LogP contribution in [0.15, 0.2) is 16.6 Å². The highest BCUT2D eigenvalue weighted by Gasteiger charge is 2.30. The zero-order valence-electron chi connectivity index (χ0n) is 10.4. The molecule has 3 rings (SSSR count). The number of rotatable bonds is 2. The number of ether oxygens (including phenoxy) is 2. The molecule has 5 nitrogen and oxygen atoms in total. The highest BCUT2D eigenvalue weighted by atomic mass is 79.9. The summed E-state index contributed by atoms with van der Waals surface area (Å²) >= 11 is 3.41. The lowest BCUT2D eigenvalue weighted by Gasteiger charge is -2.23. The fourth-order valence-electron chi connectivity index (χ4n) is 2.60. The number of hydrogen-bond acceptors (Lipinski definition) is 4. The van der Waals surface area contributed by atoms with Crippen molar-refractivity contribution in [1.82, 2.24) is 4.90 Å². The van der Waals surface area contributed by atoms with E-state index in [1.54, 1.807) is 12.1 Å². The van der Waals surface area contributed by atoms with Crippen molar-refractivity contribution < 1.29 is 14.3 Å². The molecule has 1 fully saturated rings. The Balaban J connectivity index is 1.90. The van der Waals surface area contributed by atoms with Gasteiger partial charge in [-0.3, -0.25) is 4.79 Å². The van der Waals surface area contributed by atoms with E-state index in [1.807, 2.05) is 4.90 Å². The average molecular weight is 327 g/mol. The molecule has 1 aromatic rings. The normalized spacial score (nSPS) is 20.9. The molecule has 0 saturated carbocycles. The zero-order valence-corrected chi connectivity index (χ0v) is 12.0. The van der Waals surface area contributed by atoms with Crippen LogP contribution in [0.3, 0.4) is 0 Å². The predicted molar refractivity (Wildman–Crippen MR) is 73.4 cm³/mol. The largest absolute Gasteiger partial charge is 0.454 e. The van der Waals surface area contributed by atoms with Crippen LogP contribution in [0.4, 0.5) is 0 Å². The number of carbonyl (C=O) groups excluding carboxylic acids is 1. The Kier molecular flexibility index (Phi) is 3.36. The summed E-state index contributed by atoms with van der Waals surface area (Å²) in [6, 6.07) is 3.67. The smallest absolute Gasteiger partial charge is 0.254 e. The molecule has 1 amide bonds. The maximum Gasteiger partial charge on any atom is 0.254 e. The molecule has 0 bridgehead atoms. The van der Waals surface area contributed by atoms with Gasteiger partial charge >= 0.3 is 0 Å².